The van der Waals surface area contributed by atoms with Gasteiger partial charge in [0.1, 0.15) is 23.6 Å². The molecule has 0 saturated heterocycles. The average molecular weight is 915 g/mol. The number of benzene rings is 3. The van der Waals surface area contributed by atoms with E-state index in [1.165, 1.54) is 18.2 Å². The minimum Gasteiger partial charge on any atom is -0.493 e. The quantitative estimate of drug-likeness (QED) is 0.0327. The molecule has 0 aliphatic rings. The number of amides is 6. The zero-order valence-corrected chi connectivity index (χ0v) is 39.9. The fraction of sp³-hybridized carbons (Fsp3) is 0.520. The van der Waals surface area contributed by atoms with Gasteiger partial charge in [-0.1, -0.05) is 73.8 Å². The summed E-state index contributed by atoms with van der Waals surface area (Å²) in [6.45, 7) is 15.0. The predicted molar refractivity (Wildman–Crippen MR) is 261 cm³/mol. The highest BCUT2D eigenvalue weighted by Crippen LogP contribution is 2.27. The molecule has 0 fully saturated rings. The molecule has 0 bridgehead atoms. The lowest BCUT2D eigenvalue weighted by molar-refractivity contribution is -0.119. The molecule has 3 atom stereocenters. The van der Waals surface area contributed by atoms with Gasteiger partial charge in [0.05, 0.1) is 30.4 Å². The fourth-order valence-electron chi connectivity index (χ4n) is 7.08. The normalized spacial score (nSPS) is 12.5. The Labute approximate surface area is 390 Å². The number of rotatable bonds is 29. The maximum atomic E-state index is 14.2. The van der Waals surface area contributed by atoms with Crippen LogP contribution in [0.25, 0.3) is 0 Å². The molecular formula is C50H74N8O8. The number of hydrogen-bond donors (Lipinski definition) is 8. The van der Waals surface area contributed by atoms with E-state index in [0.717, 1.165) is 38.5 Å². The maximum Gasteiger partial charge on any atom is 0.255 e. The zero-order valence-electron chi connectivity index (χ0n) is 39.9. The molecule has 3 rings (SSSR count). The Morgan fingerprint density at radius 2 is 1.05 bits per heavy atom. The van der Waals surface area contributed by atoms with E-state index in [1.54, 1.807) is 42.5 Å². The second kappa shape index (κ2) is 28.1. The smallest absolute Gasteiger partial charge is 0.255 e. The van der Waals surface area contributed by atoms with Crippen molar-refractivity contribution in [2.45, 2.75) is 131 Å². The minimum absolute atomic E-state index is 0.00325. The van der Waals surface area contributed by atoms with Gasteiger partial charge in [0.25, 0.3) is 17.7 Å². The summed E-state index contributed by atoms with van der Waals surface area (Å²) in [7, 11) is 0. The van der Waals surface area contributed by atoms with Crippen LogP contribution in [-0.2, 0) is 14.4 Å². The van der Waals surface area contributed by atoms with Crippen molar-refractivity contribution in [1.82, 2.24) is 10.6 Å². The maximum absolute atomic E-state index is 14.2. The summed E-state index contributed by atoms with van der Waals surface area (Å²) >= 11 is 0. The highest BCUT2D eigenvalue weighted by Gasteiger charge is 2.27. The van der Waals surface area contributed by atoms with E-state index >= 15 is 0 Å². The van der Waals surface area contributed by atoms with Gasteiger partial charge in [-0.2, -0.15) is 0 Å². The second-order valence-electron chi connectivity index (χ2n) is 18.0. The van der Waals surface area contributed by atoms with Crippen LogP contribution < -0.4 is 53.3 Å². The topological polar surface area (TPSA) is 259 Å². The molecule has 0 aliphatic heterocycles. The molecular weight excluding hydrogens is 841 g/mol. The molecule has 0 heterocycles. The van der Waals surface area contributed by atoms with Gasteiger partial charge in [-0.05, 0) is 124 Å². The van der Waals surface area contributed by atoms with Gasteiger partial charge >= 0.3 is 0 Å². The van der Waals surface area contributed by atoms with E-state index in [9.17, 15) is 28.8 Å². The third-order valence-corrected chi connectivity index (χ3v) is 10.5. The summed E-state index contributed by atoms with van der Waals surface area (Å²) in [5, 5.41) is 14.1. The first-order valence-electron chi connectivity index (χ1n) is 23.4. The first-order valence-corrected chi connectivity index (χ1v) is 23.4. The molecule has 0 saturated carbocycles. The van der Waals surface area contributed by atoms with Crippen molar-refractivity contribution in [2.24, 2.45) is 35.0 Å². The van der Waals surface area contributed by atoms with Gasteiger partial charge in [0, 0.05) is 22.6 Å². The molecule has 0 unspecified atom stereocenters. The molecule has 0 aromatic heterocycles. The standard InChI is InChI=1S/C50H74N8O8/c1-8-9-10-13-23-65-43-20-18-36(29-38(43)45(53)59)55-50(64)42(27-33(6)7)58-47(61)39-30-37(19-21-44(39)66-24-14-11-12-22-51)56-49(63)41(26-32(4)5)57-46(60)34-16-15-17-35(28-34)54-48(62)40(52)25-31(2)3/h15-21,28-33,40-42H,8-14,22-27,51-52H2,1-7H3,(H2,53,59)(H,54,62)(H,55,64)(H,56,63)(H,57,60)(H,58,61)/t40-,41+,42-/m0/s1. The largest absolute Gasteiger partial charge is 0.493 e. The number of ether oxygens (including phenoxy) is 2. The van der Waals surface area contributed by atoms with Crippen molar-refractivity contribution < 1.29 is 38.2 Å². The Morgan fingerprint density at radius 1 is 0.561 bits per heavy atom. The number of primary amides is 1. The molecule has 11 N–H and O–H groups in total. The Bertz CT molecular complexity index is 2070. The molecule has 0 aliphatic carbocycles. The van der Waals surface area contributed by atoms with Crippen LogP contribution in [0.3, 0.4) is 0 Å². The SMILES string of the molecule is CCCCCCOc1ccc(NC(=O)[C@H](CC(C)C)NC(=O)c2cc(NC(=O)[C@@H](CC(C)C)NC(=O)c3cccc(NC(=O)[C@@H](N)CC(C)C)c3)ccc2OCCCCCN)cc1C(N)=O. The van der Waals surface area contributed by atoms with Gasteiger partial charge in [-0.25, -0.2) is 0 Å². The van der Waals surface area contributed by atoms with Gasteiger partial charge in [0.15, 0.2) is 0 Å². The van der Waals surface area contributed by atoms with Crippen LogP contribution in [0, 0.1) is 17.8 Å². The first kappa shape index (κ1) is 54.3. The van der Waals surface area contributed by atoms with Crippen LogP contribution >= 0.6 is 0 Å². The Kier molecular flexibility index (Phi) is 23.2. The Hall–Kier alpha value is -6.00. The van der Waals surface area contributed by atoms with Gasteiger partial charge in [-0.3, -0.25) is 28.8 Å². The van der Waals surface area contributed by atoms with Gasteiger partial charge in [-0.15, -0.1) is 0 Å². The summed E-state index contributed by atoms with van der Waals surface area (Å²) in [4.78, 5) is 80.7. The van der Waals surface area contributed by atoms with E-state index in [4.69, 9.17) is 26.7 Å². The van der Waals surface area contributed by atoms with E-state index < -0.39 is 47.7 Å². The van der Waals surface area contributed by atoms with E-state index in [0.29, 0.717) is 49.7 Å². The van der Waals surface area contributed by atoms with Crippen molar-refractivity contribution in [2.75, 3.05) is 35.7 Å². The predicted octanol–water partition coefficient (Wildman–Crippen LogP) is 7.13. The van der Waals surface area contributed by atoms with Crippen LogP contribution in [0.1, 0.15) is 144 Å². The first-order chi connectivity index (χ1) is 31.4. The molecule has 16 heteroatoms. The third kappa shape index (κ3) is 18.8. The monoisotopic (exact) mass is 915 g/mol. The Balaban J connectivity index is 1.86. The van der Waals surface area contributed by atoms with Crippen LogP contribution in [0.5, 0.6) is 11.5 Å². The van der Waals surface area contributed by atoms with Crippen molar-refractivity contribution in [3.8, 4) is 11.5 Å². The van der Waals surface area contributed by atoms with Gasteiger partial charge in [0.2, 0.25) is 17.7 Å². The number of anilines is 3. The molecule has 3 aromatic carbocycles. The van der Waals surface area contributed by atoms with Crippen molar-refractivity contribution >= 4 is 52.5 Å². The molecule has 66 heavy (non-hydrogen) atoms. The number of hydrogen-bond acceptors (Lipinski definition) is 10. The lowest BCUT2D eigenvalue weighted by Crippen LogP contribution is -2.45. The number of carbonyl (C=O) groups excluding carboxylic acids is 6. The van der Waals surface area contributed by atoms with Crippen LogP contribution in [0.15, 0.2) is 60.7 Å². The molecule has 0 spiro atoms. The summed E-state index contributed by atoms with van der Waals surface area (Å²) in [6, 6.07) is 13.0. The fourth-order valence-corrected chi connectivity index (χ4v) is 7.08. The molecule has 3 aromatic rings. The van der Waals surface area contributed by atoms with E-state index in [1.807, 2.05) is 41.5 Å². The lowest BCUT2D eigenvalue weighted by Gasteiger charge is -2.22. The summed E-state index contributed by atoms with van der Waals surface area (Å²) < 4.78 is 11.9. The van der Waals surface area contributed by atoms with Crippen molar-refractivity contribution in [3.63, 3.8) is 0 Å². The van der Waals surface area contributed by atoms with E-state index in [2.05, 4.69) is 33.5 Å². The highest BCUT2D eigenvalue weighted by molar-refractivity contribution is 6.06. The van der Waals surface area contributed by atoms with Crippen LogP contribution in [0.4, 0.5) is 17.1 Å². The van der Waals surface area contributed by atoms with Gasteiger partial charge < -0.3 is 53.3 Å². The summed E-state index contributed by atoms with van der Waals surface area (Å²) in [5.74, 6) is -2.51. The third-order valence-electron chi connectivity index (χ3n) is 10.5. The number of nitrogens with one attached hydrogen (secondary N) is 5. The molecule has 0 radical (unpaired) electrons. The zero-order chi connectivity index (χ0) is 48.8. The second-order valence-corrected chi connectivity index (χ2v) is 18.0. The summed E-state index contributed by atoms with van der Waals surface area (Å²) in [6.07, 6.45) is 7.34. The van der Waals surface area contributed by atoms with Crippen LogP contribution in [0.2, 0.25) is 0 Å². The van der Waals surface area contributed by atoms with Crippen LogP contribution in [-0.4, -0.2) is 73.3 Å². The average Bonchev–Trinajstić information content (AvgIpc) is 3.25. The van der Waals surface area contributed by atoms with Crippen molar-refractivity contribution in [3.05, 3.63) is 77.4 Å². The Morgan fingerprint density at radius 3 is 1.56 bits per heavy atom. The minimum atomic E-state index is -1.02. The number of carbonyl (C=O) groups is 6. The molecule has 16 nitrogen and oxygen atoms in total. The number of nitrogens with two attached hydrogens (primary N) is 3. The van der Waals surface area contributed by atoms with Crippen molar-refractivity contribution in [1.29, 1.82) is 0 Å². The van der Waals surface area contributed by atoms with E-state index in [-0.39, 0.29) is 64.6 Å². The lowest BCUT2D eigenvalue weighted by atomic mass is 10.0. The number of unbranched alkanes of at least 4 members (excludes halogenated alkanes) is 5. The molecule has 362 valence electrons. The highest BCUT2D eigenvalue weighted by atomic mass is 16.5. The summed E-state index contributed by atoms with van der Waals surface area (Å²) in [5.41, 5.74) is 18.8. The molecule has 6 amide bonds.